The van der Waals surface area contributed by atoms with Gasteiger partial charge in [-0.2, -0.15) is 0 Å². The molecule has 0 unspecified atom stereocenters. The lowest BCUT2D eigenvalue weighted by molar-refractivity contribution is -0.141. The lowest BCUT2D eigenvalue weighted by atomic mass is 9.97. The van der Waals surface area contributed by atoms with Gasteiger partial charge in [0.2, 0.25) is 88.6 Å². The Kier molecular flexibility index (Phi) is 35.9. The largest absolute Gasteiger partial charge is 0.481 e. The van der Waals surface area contributed by atoms with Crippen LogP contribution in [-0.4, -0.2) is 233 Å². The average molecular weight is 1750 g/mol. The number of primary amides is 2. The van der Waals surface area contributed by atoms with Crippen molar-refractivity contribution in [1.82, 2.24) is 94.0 Å². The van der Waals surface area contributed by atoms with E-state index in [-0.39, 0.29) is 50.8 Å². The summed E-state index contributed by atoms with van der Waals surface area (Å²) in [5.41, 5.74) is 19.8. The molecule has 14 atom stereocenters. The zero-order valence-corrected chi connectivity index (χ0v) is 71.0. The van der Waals surface area contributed by atoms with Gasteiger partial charge in [0.1, 0.15) is 72.5 Å². The standard InChI is InChI=1S/C82H108N22O18S2/c1-8-42(4)68(92-44(6)106)81(122)101-62-39-124-123-38-61(79(120)103-69(43(5)105)70(84)111)100-72(113)54(24-16-28-88-82(85)86)94-76(117)59(32-49-35-87-40-91-49)97-74(115)57(29-46-19-15-18-45-17-9-10-20-50(45)46)93-65(108)36-90-71(112)56(30-47-34-89-53-23-13-11-21-51(47)53)96-77(118)60(33-66(109)110)98-73(114)55(26-27-64(83)107)95-75(116)58(99-80(121)67(41(2)3)102-78(62)119)31-48-37-104(7)63-25-14-12-22-52(48)63/h9-15,17-23,25,34-35,37,40-43,54-62,67-69,89,105H,8,16,24,26-33,36,38-39H2,1-7H3,(H2,83,107)(H2,84,111)(H,87,91)(H,90,112)(H,92,106)(H,93,108)(H,94,117)(H,95,116)(H,96,118)(H,97,115)(H,98,114)(H,99,121)(H,100,113)(H,101,122)(H,102,119)(H,103,120)(H,109,110)(H4,85,86,88)/t42-,43+,54-,55-,56-,57-,58-,59-,60-,61-,62-,67-,68-,69-/m0/s1. The Morgan fingerprint density at radius 1 is 0.597 bits per heavy atom. The van der Waals surface area contributed by atoms with Gasteiger partial charge in [-0.05, 0) is 77.6 Å². The Morgan fingerprint density at radius 2 is 1.16 bits per heavy atom. The number of aryl methyl sites for hydroxylation is 1. The Labute approximate surface area is 720 Å². The van der Waals surface area contributed by atoms with Crippen molar-refractivity contribution in [3.05, 3.63) is 138 Å². The smallest absolute Gasteiger partial charge is 0.305 e. The lowest BCUT2D eigenvalue weighted by Crippen LogP contribution is -2.61. The van der Waals surface area contributed by atoms with Gasteiger partial charge >= 0.3 is 5.97 Å². The van der Waals surface area contributed by atoms with E-state index < -0.39 is 228 Å². The molecule has 3 aromatic heterocycles. The minimum Gasteiger partial charge on any atom is -0.481 e. The van der Waals surface area contributed by atoms with Crippen molar-refractivity contribution in [2.45, 2.75) is 184 Å². The van der Waals surface area contributed by atoms with Crippen LogP contribution in [0.1, 0.15) is 102 Å². The maximum atomic E-state index is 15.3. The van der Waals surface area contributed by atoms with Crippen LogP contribution in [0.15, 0.2) is 116 Å². The van der Waals surface area contributed by atoms with Crippen molar-refractivity contribution < 1.29 is 86.9 Å². The van der Waals surface area contributed by atoms with Gasteiger partial charge in [-0.3, -0.25) is 82.1 Å². The number of hydrogen-bond donors (Lipinski definition) is 22. The number of aromatic nitrogens is 4. The zero-order chi connectivity index (χ0) is 90.6. The molecule has 42 heteroatoms. The number of H-pyrrole nitrogens is 2. The SMILES string of the molecule is CC[C@H](C)[C@H](NC(C)=O)C(=O)N[C@H]1CSSC[C@@H](C(=O)N[C@H](C(N)=O)[C@@H](C)O)NC(=O)[C@H](CCCNC(=N)N)NC(=O)[C@H](Cc2cnc[nH]2)NC(=O)[C@H](Cc2cccc3ccccc23)NC(=O)CNC(=O)[C@H](Cc2c[nH]c3ccccc23)NC(=O)[C@H](CC(=O)O)NC(=O)[C@H](CCC(N)=O)NC(=O)[C@H](Cc2cn(C)c3ccccc23)NC(=O)[C@H](C(C)C)NC1=O. The molecule has 4 heterocycles. The number of aromatic amines is 2. The monoisotopic (exact) mass is 1750 g/mol. The first-order valence-electron chi connectivity index (χ1n) is 40.2. The van der Waals surface area contributed by atoms with Gasteiger partial charge in [0.25, 0.3) is 0 Å². The molecule has 4 aromatic carbocycles. The van der Waals surface area contributed by atoms with Crippen LogP contribution in [0, 0.1) is 17.2 Å². The first-order valence-corrected chi connectivity index (χ1v) is 42.7. The maximum Gasteiger partial charge on any atom is 0.305 e. The summed E-state index contributed by atoms with van der Waals surface area (Å²) >= 11 is 0. The normalized spacial score (nSPS) is 21.7. The van der Waals surface area contributed by atoms with Crippen LogP contribution in [0.25, 0.3) is 32.6 Å². The number of nitrogens with one attached hydrogen (secondary N) is 17. The molecule has 0 bridgehead atoms. The quantitative estimate of drug-likeness (QED) is 0.0112. The number of hydrogen-bond acceptors (Lipinski definition) is 21. The Morgan fingerprint density at radius 3 is 1.80 bits per heavy atom. The number of carbonyl (C=O) groups excluding carboxylic acids is 15. The van der Waals surface area contributed by atoms with Gasteiger partial charge in [-0.25, -0.2) is 4.98 Å². The summed E-state index contributed by atoms with van der Waals surface area (Å²) in [6.07, 6.45) is 0.548. The van der Waals surface area contributed by atoms with Gasteiger partial charge in [0.05, 0.1) is 25.4 Å². The minimum absolute atomic E-state index is 0.0203. The van der Waals surface area contributed by atoms with Gasteiger partial charge in [-0.15, -0.1) is 0 Å². The molecule has 1 saturated heterocycles. The van der Waals surface area contributed by atoms with Crippen LogP contribution in [0.5, 0.6) is 0 Å². The minimum atomic E-state index is -2.08. The summed E-state index contributed by atoms with van der Waals surface area (Å²) < 4.78 is 1.74. The van der Waals surface area contributed by atoms with Crippen LogP contribution >= 0.6 is 21.6 Å². The summed E-state index contributed by atoms with van der Waals surface area (Å²) in [4.78, 5) is 241. The maximum absolute atomic E-state index is 15.3. The molecule has 0 aliphatic carbocycles. The summed E-state index contributed by atoms with van der Waals surface area (Å²) in [6, 6.07) is 5.88. The summed E-state index contributed by atoms with van der Waals surface area (Å²) in [5.74, 6) is -20.0. The number of aliphatic hydroxyl groups excluding tert-OH is 1. The Balaban J connectivity index is 1.25. The van der Waals surface area contributed by atoms with Crippen molar-refractivity contribution in [3.8, 4) is 0 Å². The lowest BCUT2D eigenvalue weighted by Gasteiger charge is -2.29. The first-order chi connectivity index (χ1) is 59.0. The number of carboxylic acid groups (broad SMARTS) is 1. The summed E-state index contributed by atoms with van der Waals surface area (Å²) in [7, 11) is 3.37. The van der Waals surface area contributed by atoms with Crippen molar-refractivity contribution in [3.63, 3.8) is 0 Å². The van der Waals surface area contributed by atoms with Crippen LogP contribution < -0.4 is 91.6 Å². The zero-order valence-electron chi connectivity index (χ0n) is 69.4. The number of amides is 15. The number of carbonyl (C=O) groups is 16. The van der Waals surface area contributed by atoms with Crippen molar-refractivity contribution in [2.75, 3.05) is 24.6 Å². The van der Waals surface area contributed by atoms with Gasteiger partial charge in [-0.1, -0.05) is 135 Å². The van der Waals surface area contributed by atoms with E-state index in [1.54, 1.807) is 143 Å². The van der Waals surface area contributed by atoms with E-state index >= 15 is 28.8 Å². The fourth-order valence-corrected chi connectivity index (χ4v) is 16.2. The molecule has 666 valence electrons. The van der Waals surface area contributed by atoms with Crippen LogP contribution in [-0.2, 0) is 109 Å². The number of nitrogens with two attached hydrogens (primary N) is 3. The molecular formula is C82H108N22O18S2. The molecule has 1 aliphatic heterocycles. The average Bonchev–Trinajstić information content (AvgIpc) is 1.62. The molecule has 8 rings (SSSR count). The van der Waals surface area contributed by atoms with E-state index in [2.05, 4.69) is 89.4 Å². The molecule has 0 spiro atoms. The molecule has 7 aromatic rings. The van der Waals surface area contributed by atoms with E-state index in [4.69, 9.17) is 22.6 Å². The second-order valence-electron chi connectivity index (χ2n) is 30.6. The van der Waals surface area contributed by atoms with E-state index in [0.717, 1.165) is 33.9 Å². The van der Waals surface area contributed by atoms with Crippen LogP contribution in [0.2, 0.25) is 0 Å². The highest BCUT2D eigenvalue weighted by molar-refractivity contribution is 8.76. The Hall–Kier alpha value is -13.1. The van der Waals surface area contributed by atoms with Gasteiger partial charge in [0.15, 0.2) is 5.96 Å². The molecule has 0 saturated carbocycles. The molecule has 1 fully saturated rings. The highest BCUT2D eigenvalue weighted by atomic mass is 33.1. The van der Waals surface area contributed by atoms with E-state index in [1.807, 2.05) is 0 Å². The fraction of sp³-hybridized carbons (Fsp3) is 0.439. The number of rotatable bonds is 27. The number of guanidine groups is 1. The van der Waals surface area contributed by atoms with Crippen molar-refractivity contribution in [1.29, 1.82) is 5.41 Å². The van der Waals surface area contributed by atoms with Crippen LogP contribution in [0.4, 0.5) is 0 Å². The van der Waals surface area contributed by atoms with Crippen molar-refractivity contribution >= 4 is 155 Å². The second-order valence-corrected chi connectivity index (χ2v) is 33.1. The highest BCUT2D eigenvalue weighted by Gasteiger charge is 2.40. The van der Waals surface area contributed by atoms with Crippen molar-refractivity contribution in [2.24, 2.45) is 36.1 Å². The number of benzene rings is 4. The predicted molar refractivity (Wildman–Crippen MR) is 460 cm³/mol. The van der Waals surface area contributed by atoms with Gasteiger partial charge < -0.3 is 116 Å². The summed E-state index contributed by atoms with van der Waals surface area (Å²) in [6.45, 7) is 7.85. The summed E-state index contributed by atoms with van der Waals surface area (Å²) in [5, 5.41) is 67.7. The van der Waals surface area contributed by atoms with Gasteiger partial charge in [0, 0.05) is 110 Å². The third kappa shape index (κ3) is 28.2. The molecule has 40 nitrogen and oxygen atoms in total. The topological polar surface area (TPSA) is 633 Å². The highest BCUT2D eigenvalue weighted by Crippen LogP contribution is 2.27. The number of aliphatic carboxylic acids is 1. The number of nitrogens with zero attached hydrogens (tertiary/aromatic N) is 2. The molecule has 1 aliphatic rings. The predicted octanol–water partition coefficient (Wildman–Crippen LogP) is -2.27. The molecule has 25 N–H and O–H groups in total. The molecular weight excluding hydrogens is 1650 g/mol. The number of imidazole rings is 1. The second kappa shape index (κ2) is 46.2. The third-order valence-corrected chi connectivity index (χ3v) is 23.1. The van der Waals surface area contributed by atoms with E-state index in [1.165, 1.54) is 19.4 Å². The Bertz CT molecular complexity index is 5040. The number of aliphatic hydroxyl groups is 1. The third-order valence-electron chi connectivity index (χ3n) is 20.7. The fourth-order valence-electron chi connectivity index (χ4n) is 13.9. The number of para-hydroxylation sites is 2. The molecule has 15 amide bonds. The molecule has 124 heavy (non-hydrogen) atoms. The number of carboxylic acids is 1. The van der Waals surface area contributed by atoms with Crippen LogP contribution in [0.3, 0.4) is 0 Å². The molecule has 0 radical (unpaired) electrons. The van der Waals surface area contributed by atoms with E-state index in [0.29, 0.717) is 50.3 Å². The van der Waals surface area contributed by atoms with E-state index in [9.17, 15) is 58.2 Å². The first kappa shape index (κ1) is 96.3. The number of fused-ring (bicyclic) bond motifs is 3.